The number of thioether (sulfide) groups is 1. The summed E-state index contributed by atoms with van der Waals surface area (Å²) in [4.78, 5) is 3.98. The molecule has 0 radical (unpaired) electrons. The Labute approximate surface area is 146 Å². The highest BCUT2D eigenvalue weighted by Crippen LogP contribution is 2.39. The molecule has 6 heteroatoms. The van der Waals surface area contributed by atoms with Gasteiger partial charge in [0, 0.05) is 29.6 Å². The Hall–Kier alpha value is -0.850. The second-order valence-corrected chi connectivity index (χ2v) is 8.60. The summed E-state index contributed by atoms with van der Waals surface area (Å²) in [5.41, 5.74) is 0. The van der Waals surface area contributed by atoms with Crippen molar-refractivity contribution in [2.75, 3.05) is 25.4 Å². The number of rotatable bonds is 7. The van der Waals surface area contributed by atoms with Crippen molar-refractivity contribution in [3.63, 3.8) is 0 Å². The van der Waals surface area contributed by atoms with Crippen LogP contribution < -0.4 is 0 Å². The predicted octanol–water partition coefficient (Wildman–Crippen LogP) is 3.84. The number of aromatic nitrogens is 3. The molecule has 4 rings (SSSR count). The van der Waals surface area contributed by atoms with Crippen molar-refractivity contribution >= 4 is 23.1 Å². The Morgan fingerprint density at radius 3 is 2.78 bits per heavy atom. The van der Waals surface area contributed by atoms with Crippen LogP contribution in [-0.2, 0) is 6.42 Å². The molecule has 23 heavy (non-hydrogen) atoms. The molecule has 1 saturated carbocycles. The molecular weight excluding hydrogens is 324 g/mol. The van der Waals surface area contributed by atoms with Crippen molar-refractivity contribution < 1.29 is 0 Å². The summed E-state index contributed by atoms with van der Waals surface area (Å²) in [6, 6.07) is 4.96. The minimum atomic E-state index is 0.650. The monoisotopic (exact) mass is 348 g/mol. The van der Waals surface area contributed by atoms with Crippen LogP contribution in [0.4, 0.5) is 0 Å². The molecule has 1 aliphatic heterocycles. The van der Waals surface area contributed by atoms with Crippen LogP contribution in [0.2, 0.25) is 0 Å². The molecule has 0 unspecified atom stereocenters. The average molecular weight is 349 g/mol. The van der Waals surface area contributed by atoms with E-state index in [4.69, 9.17) is 0 Å². The molecule has 2 aromatic heterocycles. The van der Waals surface area contributed by atoms with Crippen molar-refractivity contribution in [3.8, 4) is 0 Å². The molecule has 2 aliphatic rings. The fourth-order valence-corrected chi connectivity index (χ4v) is 4.97. The average Bonchev–Trinajstić information content (AvgIpc) is 3.13. The van der Waals surface area contributed by atoms with Gasteiger partial charge in [-0.05, 0) is 50.2 Å². The normalized spacial score (nSPS) is 19.3. The molecule has 0 spiro atoms. The lowest BCUT2D eigenvalue weighted by Gasteiger charge is -2.25. The molecule has 4 nitrogen and oxygen atoms in total. The quantitative estimate of drug-likeness (QED) is 0.712. The Morgan fingerprint density at radius 2 is 2.04 bits per heavy atom. The minimum Gasteiger partial charge on any atom is -0.303 e. The molecule has 0 bridgehead atoms. The van der Waals surface area contributed by atoms with Crippen molar-refractivity contribution in [3.05, 3.63) is 28.2 Å². The second kappa shape index (κ2) is 7.36. The van der Waals surface area contributed by atoms with Gasteiger partial charge in [-0.25, -0.2) is 0 Å². The van der Waals surface area contributed by atoms with Gasteiger partial charge >= 0.3 is 0 Å². The molecule has 0 N–H and O–H groups in total. The van der Waals surface area contributed by atoms with Crippen LogP contribution in [0, 0.1) is 0 Å². The van der Waals surface area contributed by atoms with E-state index in [9.17, 15) is 0 Å². The van der Waals surface area contributed by atoms with Gasteiger partial charge in [0.2, 0.25) is 0 Å². The SMILES string of the molecule is c1csc(Cc2nnc(SCCN3CCCCC3)n2C2CC2)c1. The standard InChI is InChI=1S/C17H24N4S2/c1-2-8-20(9-3-1)10-12-23-17-19-18-16(21(17)14-6-7-14)13-15-5-4-11-22-15/h4-5,11,14H,1-3,6-10,12-13H2. The van der Waals surface area contributed by atoms with Crippen LogP contribution in [0.3, 0.4) is 0 Å². The minimum absolute atomic E-state index is 0.650. The van der Waals surface area contributed by atoms with Gasteiger partial charge in [0.05, 0.1) is 0 Å². The molecule has 3 heterocycles. The predicted molar refractivity (Wildman–Crippen MR) is 96.4 cm³/mol. The van der Waals surface area contributed by atoms with E-state index in [0.29, 0.717) is 6.04 Å². The van der Waals surface area contributed by atoms with Crippen LogP contribution >= 0.6 is 23.1 Å². The van der Waals surface area contributed by atoms with E-state index in [2.05, 4.69) is 37.2 Å². The first-order chi connectivity index (χ1) is 11.4. The summed E-state index contributed by atoms with van der Waals surface area (Å²) >= 11 is 3.70. The summed E-state index contributed by atoms with van der Waals surface area (Å²) < 4.78 is 2.42. The Morgan fingerprint density at radius 1 is 1.17 bits per heavy atom. The molecule has 0 atom stereocenters. The lowest BCUT2D eigenvalue weighted by molar-refractivity contribution is 0.242. The van der Waals surface area contributed by atoms with E-state index in [1.807, 2.05) is 23.1 Å². The van der Waals surface area contributed by atoms with Crippen molar-refractivity contribution in [1.29, 1.82) is 0 Å². The first-order valence-electron chi connectivity index (χ1n) is 8.71. The largest absolute Gasteiger partial charge is 0.303 e. The third-order valence-electron chi connectivity index (χ3n) is 4.65. The first kappa shape index (κ1) is 15.7. The Kier molecular flexibility index (Phi) is 5.01. The van der Waals surface area contributed by atoms with Gasteiger partial charge in [0.15, 0.2) is 5.16 Å². The summed E-state index contributed by atoms with van der Waals surface area (Å²) in [5, 5.41) is 12.3. The summed E-state index contributed by atoms with van der Waals surface area (Å²) in [7, 11) is 0. The maximum atomic E-state index is 4.50. The Balaban J connectivity index is 1.38. The smallest absolute Gasteiger partial charge is 0.191 e. The molecule has 2 aromatic rings. The van der Waals surface area contributed by atoms with E-state index in [1.165, 1.54) is 56.6 Å². The summed E-state index contributed by atoms with van der Waals surface area (Å²) in [6.07, 6.45) is 7.64. The highest BCUT2D eigenvalue weighted by molar-refractivity contribution is 7.99. The zero-order chi connectivity index (χ0) is 15.5. The topological polar surface area (TPSA) is 34.0 Å². The second-order valence-electron chi connectivity index (χ2n) is 6.51. The van der Waals surface area contributed by atoms with E-state index >= 15 is 0 Å². The van der Waals surface area contributed by atoms with E-state index in [-0.39, 0.29) is 0 Å². The van der Waals surface area contributed by atoms with E-state index in [1.54, 1.807) is 0 Å². The number of likely N-dealkylation sites (tertiary alicyclic amines) is 1. The van der Waals surface area contributed by atoms with Crippen LogP contribution in [0.25, 0.3) is 0 Å². The molecule has 124 valence electrons. The molecule has 1 saturated heterocycles. The summed E-state index contributed by atoms with van der Waals surface area (Å²) in [6.45, 7) is 3.74. The number of hydrogen-bond acceptors (Lipinski definition) is 5. The van der Waals surface area contributed by atoms with Crippen LogP contribution in [0.5, 0.6) is 0 Å². The number of thiophene rings is 1. The molecule has 2 fully saturated rings. The zero-order valence-electron chi connectivity index (χ0n) is 13.5. The van der Waals surface area contributed by atoms with Gasteiger partial charge in [-0.15, -0.1) is 21.5 Å². The van der Waals surface area contributed by atoms with Gasteiger partial charge in [-0.3, -0.25) is 0 Å². The van der Waals surface area contributed by atoms with Crippen molar-refractivity contribution in [2.24, 2.45) is 0 Å². The maximum Gasteiger partial charge on any atom is 0.191 e. The maximum absolute atomic E-state index is 4.50. The van der Waals surface area contributed by atoms with Gasteiger partial charge in [-0.1, -0.05) is 24.2 Å². The van der Waals surface area contributed by atoms with E-state index < -0.39 is 0 Å². The molecule has 0 aromatic carbocycles. The van der Waals surface area contributed by atoms with Gasteiger partial charge in [-0.2, -0.15) is 0 Å². The molecule has 1 aliphatic carbocycles. The van der Waals surface area contributed by atoms with Gasteiger partial charge in [0.25, 0.3) is 0 Å². The highest BCUT2D eigenvalue weighted by Gasteiger charge is 2.29. The van der Waals surface area contributed by atoms with Crippen LogP contribution in [0.1, 0.15) is 48.8 Å². The third kappa shape index (κ3) is 3.98. The van der Waals surface area contributed by atoms with Crippen molar-refractivity contribution in [1.82, 2.24) is 19.7 Å². The third-order valence-corrected chi connectivity index (χ3v) is 6.45. The van der Waals surface area contributed by atoms with E-state index in [0.717, 1.165) is 23.2 Å². The summed E-state index contributed by atoms with van der Waals surface area (Å²) in [5.74, 6) is 2.28. The fourth-order valence-electron chi connectivity index (χ4n) is 3.24. The number of hydrogen-bond donors (Lipinski definition) is 0. The molecule has 0 amide bonds. The van der Waals surface area contributed by atoms with Gasteiger partial charge < -0.3 is 9.47 Å². The lowest BCUT2D eigenvalue weighted by atomic mass is 10.1. The number of nitrogens with zero attached hydrogens (tertiary/aromatic N) is 4. The Bertz CT molecular complexity index is 613. The van der Waals surface area contributed by atoms with Gasteiger partial charge in [0.1, 0.15) is 5.82 Å². The fraction of sp³-hybridized carbons (Fsp3) is 0.647. The van der Waals surface area contributed by atoms with Crippen LogP contribution in [0.15, 0.2) is 22.7 Å². The molecular formula is C17H24N4S2. The van der Waals surface area contributed by atoms with Crippen LogP contribution in [-0.4, -0.2) is 45.1 Å². The zero-order valence-corrected chi connectivity index (χ0v) is 15.1. The highest BCUT2D eigenvalue weighted by atomic mass is 32.2. The first-order valence-corrected chi connectivity index (χ1v) is 10.6. The van der Waals surface area contributed by atoms with Crippen molar-refractivity contribution in [2.45, 2.75) is 49.7 Å². The lowest BCUT2D eigenvalue weighted by Crippen LogP contribution is -2.31. The number of piperidine rings is 1.